The second-order valence-electron chi connectivity index (χ2n) is 3.82. The Balaban J connectivity index is 2.60. The molecule has 0 saturated heterocycles. The summed E-state index contributed by atoms with van der Waals surface area (Å²) < 4.78 is 36.1. The van der Waals surface area contributed by atoms with E-state index >= 15 is 0 Å². The van der Waals surface area contributed by atoms with E-state index in [-0.39, 0.29) is 5.92 Å². The fourth-order valence-corrected chi connectivity index (χ4v) is 1.91. The molecule has 0 aromatic rings. The molecule has 0 aliphatic heterocycles. The molecule has 1 nitrogen and oxygen atoms in total. The van der Waals surface area contributed by atoms with Gasteiger partial charge in [-0.25, -0.2) is 0 Å². The number of halogens is 3. The molecule has 72 valence electrons. The Morgan fingerprint density at radius 3 is 2.42 bits per heavy atom. The van der Waals surface area contributed by atoms with Crippen molar-refractivity contribution in [1.29, 1.82) is 0 Å². The molecule has 0 bridgehead atoms. The first-order chi connectivity index (χ1) is 5.33. The Kier molecular flexibility index (Phi) is 2.38. The Bertz CT molecular complexity index is 166. The molecule has 12 heavy (non-hydrogen) atoms. The van der Waals surface area contributed by atoms with Crippen LogP contribution in [0.1, 0.15) is 32.6 Å². The molecule has 0 radical (unpaired) electrons. The topological polar surface area (TPSA) is 26.0 Å². The largest absolute Gasteiger partial charge is 0.390 e. The average Bonchev–Trinajstić information content (AvgIpc) is 2.08. The molecule has 1 aliphatic rings. The smallest absolute Gasteiger partial charge is 0.325 e. The standard InChI is InChI=1S/C8H14F3N/c1-6-3-2-4-7(6,12)5-8(9,10)11/h6H,2-5,12H2,1H3. The lowest BCUT2D eigenvalue weighted by molar-refractivity contribution is -0.149. The summed E-state index contributed by atoms with van der Waals surface area (Å²) in [7, 11) is 0. The molecule has 2 atom stereocenters. The van der Waals surface area contributed by atoms with Gasteiger partial charge < -0.3 is 5.73 Å². The van der Waals surface area contributed by atoms with Gasteiger partial charge in [-0.05, 0) is 18.8 Å². The van der Waals surface area contributed by atoms with Crippen molar-refractivity contribution < 1.29 is 13.2 Å². The zero-order valence-corrected chi connectivity index (χ0v) is 7.12. The molecule has 0 heterocycles. The van der Waals surface area contributed by atoms with E-state index in [1.165, 1.54) is 0 Å². The van der Waals surface area contributed by atoms with Gasteiger partial charge in [0.05, 0.1) is 6.42 Å². The lowest BCUT2D eigenvalue weighted by Crippen LogP contribution is -2.45. The van der Waals surface area contributed by atoms with E-state index in [0.717, 1.165) is 12.8 Å². The third kappa shape index (κ3) is 2.12. The average molecular weight is 181 g/mol. The lowest BCUT2D eigenvalue weighted by atomic mass is 9.86. The van der Waals surface area contributed by atoms with Crippen LogP contribution in [0.25, 0.3) is 0 Å². The van der Waals surface area contributed by atoms with E-state index in [1.807, 2.05) is 0 Å². The molecule has 4 heteroatoms. The Labute approximate surface area is 70.1 Å². The highest BCUT2D eigenvalue weighted by atomic mass is 19.4. The second kappa shape index (κ2) is 2.91. The minimum Gasteiger partial charge on any atom is -0.325 e. The van der Waals surface area contributed by atoms with Crippen LogP contribution in [0, 0.1) is 5.92 Å². The number of alkyl halides is 3. The molecule has 1 fully saturated rings. The molecule has 2 unspecified atom stereocenters. The predicted octanol–water partition coefficient (Wildman–Crippen LogP) is 2.46. The molecule has 1 rings (SSSR count). The van der Waals surface area contributed by atoms with Gasteiger partial charge in [0.15, 0.2) is 0 Å². The van der Waals surface area contributed by atoms with Gasteiger partial charge in [-0.1, -0.05) is 13.3 Å². The van der Waals surface area contributed by atoms with Crippen LogP contribution in [0.4, 0.5) is 13.2 Å². The maximum atomic E-state index is 12.0. The molecule has 1 aliphatic carbocycles. The van der Waals surface area contributed by atoms with Crippen LogP contribution in [0.3, 0.4) is 0 Å². The van der Waals surface area contributed by atoms with Crippen molar-refractivity contribution in [3.8, 4) is 0 Å². The van der Waals surface area contributed by atoms with Crippen molar-refractivity contribution in [1.82, 2.24) is 0 Å². The molecule has 0 aromatic carbocycles. The van der Waals surface area contributed by atoms with Crippen LogP contribution < -0.4 is 5.73 Å². The molecule has 0 amide bonds. The van der Waals surface area contributed by atoms with Crippen LogP contribution in [-0.2, 0) is 0 Å². The van der Waals surface area contributed by atoms with Gasteiger partial charge in [0.1, 0.15) is 0 Å². The van der Waals surface area contributed by atoms with Crippen molar-refractivity contribution in [2.75, 3.05) is 0 Å². The summed E-state index contributed by atoms with van der Waals surface area (Å²) in [5.41, 5.74) is 4.68. The fraction of sp³-hybridized carbons (Fsp3) is 1.00. The van der Waals surface area contributed by atoms with E-state index in [4.69, 9.17) is 5.73 Å². The minimum atomic E-state index is -4.12. The maximum absolute atomic E-state index is 12.0. The quantitative estimate of drug-likeness (QED) is 0.660. The summed E-state index contributed by atoms with van der Waals surface area (Å²) in [6.07, 6.45) is -2.79. The SMILES string of the molecule is CC1CCCC1(N)CC(F)(F)F. The molecule has 0 spiro atoms. The van der Waals surface area contributed by atoms with Gasteiger partial charge >= 0.3 is 6.18 Å². The normalized spacial score (nSPS) is 37.2. The van der Waals surface area contributed by atoms with E-state index in [1.54, 1.807) is 6.92 Å². The van der Waals surface area contributed by atoms with Crippen molar-refractivity contribution in [3.05, 3.63) is 0 Å². The Morgan fingerprint density at radius 2 is 2.08 bits per heavy atom. The zero-order chi connectivity index (χ0) is 9.41. The summed E-state index contributed by atoms with van der Waals surface area (Å²) in [6, 6.07) is 0. The maximum Gasteiger partial charge on any atom is 0.390 e. The number of rotatable bonds is 1. The van der Waals surface area contributed by atoms with Crippen LogP contribution in [-0.4, -0.2) is 11.7 Å². The Morgan fingerprint density at radius 1 is 1.50 bits per heavy atom. The van der Waals surface area contributed by atoms with E-state index in [0.29, 0.717) is 6.42 Å². The summed E-state index contributed by atoms with van der Waals surface area (Å²) in [6.45, 7) is 1.80. The van der Waals surface area contributed by atoms with E-state index < -0.39 is 18.1 Å². The monoisotopic (exact) mass is 181 g/mol. The van der Waals surface area contributed by atoms with Crippen molar-refractivity contribution in [2.45, 2.75) is 44.3 Å². The van der Waals surface area contributed by atoms with Gasteiger partial charge in [0, 0.05) is 5.54 Å². The highest BCUT2D eigenvalue weighted by Crippen LogP contribution is 2.40. The zero-order valence-electron chi connectivity index (χ0n) is 7.12. The Hall–Kier alpha value is -0.250. The number of hydrogen-bond donors (Lipinski definition) is 1. The van der Waals surface area contributed by atoms with Crippen LogP contribution in [0.5, 0.6) is 0 Å². The summed E-state index contributed by atoms with van der Waals surface area (Å²) in [4.78, 5) is 0. The van der Waals surface area contributed by atoms with Gasteiger partial charge in [0.2, 0.25) is 0 Å². The van der Waals surface area contributed by atoms with Gasteiger partial charge in [0.25, 0.3) is 0 Å². The van der Waals surface area contributed by atoms with Crippen molar-refractivity contribution in [3.63, 3.8) is 0 Å². The van der Waals surface area contributed by atoms with Crippen LogP contribution in [0.15, 0.2) is 0 Å². The van der Waals surface area contributed by atoms with Crippen molar-refractivity contribution >= 4 is 0 Å². The third-order valence-electron chi connectivity index (χ3n) is 2.79. The molecule has 0 aromatic heterocycles. The van der Waals surface area contributed by atoms with Gasteiger partial charge in [-0.15, -0.1) is 0 Å². The highest BCUT2D eigenvalue weighted by molar-refractivity contribution is 4.95. The first-order valence-electron chi connectivity index (χ1n) is 4.19. The van der Waals surface area contributed by atoms with E-state index in [9.17, 15) is 13.2 Å². The van der Waals surface area contributed by atoms with Crippen molar-refractivity contribution in [2.24, 2.45) is 11.7 Å². The second-order valence-corrected chi connectivity index (χ2v) is 3.82. The fourth-order valence-electron chi connectivity index (χ4n) is 1.91. The summed E-state index contributed by atoms with van der Waals surface area (Å²) >= 11 is 0. The van der Waals surface area contributed by atoms with Gasteiger partial charge in [-0.3, -0.25) is 0 Å². The number of hydrogen-bond acceptors (Lipinski definition) is 1. The molecule has 2 N–H and O–H groups in total. The highest BCUT2D eigenvalue weighted by Gasteiger charge is 2.45. The third-order valence-corrected chi connectivity index (χ3v) is 2.79. The molecule has 1 saturated carbocycles. The first-order valence-corrected chi connectivity index (χ1v) is 4.19. The summed E-state index contributed by atoms with van der Waals surface area (Å²) in [5.74, 6) is -0.000810. The van der Waals surface area contributed by atoms with E-state index in [2.05, 4.69) is 0 Å². The molecular formula is C8H14F3N. The van der Waals surface area contributed by atoms with Gasteiger partial charge in [-0.2, -0.15) is 13.2 Å². The first kappa shape index (κ1) is 9.84. The summed E-state index contributed by atoms with van der Waals surface area (Å²) in [5, 5.41) is 0. The molecular weight excluding hydrogens is 167 g/mol. The van der Waals surface area contributed by atoms with Crippen LogP contribution >= 0.6 is 0 Å². The number of nitrogens with two attached hydrogens (primary N) is 1. The van der Waals surface area contributed by atoms with Crippen LogP contribution in [0.2, 0.25) is 0 Å². The lowest BCUT2D eigenvalue weighted by Gasteiger charge is -2.29. The predicted molar refractivity (Wildman–Crippen MR) is 40.6 cm³/mol. The minimum absolute atomic E-state index is 0.000810.